The zero-order chi connectivity index (χ0) is 10.8. The molecule has 0 radical (unpaired) electrons. The molecular formula is C11H21N3O. The van der Waals surface area contributed by atoms with Crippen molar-refractivity contribution in [2.24, 2.45) is 17.7 Å². The van der Waals surface area contributed by atoms with Gasteiger partial charge in [0.15, 0.2) is 0 Å². The summed E-state index contributed by atoms with van der Waals surface area (Å²) in [7, 11) is 0. The average molecular weight is 211 g/mol. The Morgan fingerprint density at radius 1 is 1.47 bits per heavy atom. The molecule has 86 valence electrons. The van der Waals surface area contributed by atoms with E-state index in [9.17, 15) is 4.79 Å². The van der Waals surface area contributed by atoms with Gasteiger partial charge < -0.3 is 0 Å². The maximum absolute atomic E-state index is 11.6. The van der Waals surface area contributed by atoms with Crippen LogP contribution in [0.2, 0.25) is 0 Å². The lowest BCUT2D eigenvalue weighted by molar-refractivity contribution is -0.126. The van der Waals surface area contributed by atoms with Crippen LogP contribution < -0.4 is 11.3 Å². The normalized spacial score (nSPS) is 32.7. The summed E-state index contributed by atoms with van der Waals surface area (Å²) < 4.78 is 0. The number of amides is 1. The van der Waals surface area contributed by atoms with Crippen molar-refractivity contribution in [2.45, 2.75) is 38.6 Å². The third kappa shape index (κ3) is 2.01. The second-order valence-corrected chi connectivity index (χ2v) is 4.84. The van der Waals surface area contributed by atoms with Crippen LogP contribution in [-0.4, -0.2) is 29.9 Å². The van der Waals surface area contributed by atoms with Gasteiger partial charge >= 0.3 is 0 Å². The van der Waals surface area contributed by atoms with Crippen molar-refractivity contribution in [3.8, 4) is 0 Å². The molecule has 3 N–H and O–H groups in total. The fourth-order valence-corrected chi connectivity index (χ4v) is 3.23. The van der Waals surface area contributed by atoms with E-state index < -0.39 is 0 Å². The predicted molar refractivity (Wildman–Crippen MR) is 58.8 cm³/mol. The van der Waals surface area contributed by atoms with Crippen molar-refractivity contribution in [3.05, 3.63) is 0 Å². The summed E-state index contributed by atoms with van der Waals surface area (Å²) >= 11 is 0. The molecule has 2 aliphatic rings. The molecule has 3 atom stereocenters. The summed E-state index contributed by atoms with van der Waals surface area (Å²) in [5.74, 6) is 6.85. The van der Waals surface area contributed by atoms with Crippen LogP contribution in [0, 0.1) is 11.8 Å². The van der Waals surface area contributed by atoms with Gasteiger partial charge in [-0.15, -0.1) is 0 Å². The number of likely N-dealkylation sites (tertiary alicyclic amines) is 1. The highest BCUT2D eigenvalue weighted by molar-refractivity contribution is 5.81. The highest BCUT2D eigenvalue weighted by atomic mass is 16.2. The van der Waals surface area contributed by atoms with Crippen molar-refractivity contribution in [2.75, 3.05) is 13.1 Å². The number of nitrogens with two attached hydrogens (primary N) is 1. The van der Waals surface area contributed by atoms with Crippen LogP contribution in [0.4, 0.5) is 0 Å². The smallest absolute Gasteiger partial charge is 0.251 e. The molecule has 2 fully saturated rings. The molecule has 0 aromatic rings. The van der Waals surface area contributed by atoms with Crippen LogP contribution in [-0.2, 0) is 4.79 Å². The van der Waals surface area contributed by atoms with Gasteiger partial charge in [0.1, 0.15) is 0 Å². The van der Waals surface area contributed by atoms with Crippen LogP contribution in [0.3, 0.4) is 0 Å². The minimum absolute atomic E-state index is 0.0133. The molecule has 15 heavy (non-hydrogen) atoms. The lowest BCUT2D eigenvalue weighted by Gasteiger charge is -2.25. The van der Waals surface area contributed by atoms with E-state index in [4.69, 9.17) is 5.84 Å². The van der Waals surface area contributed by atoms with E-state index in [1.54, 1.807) is 0 Å². The Kier molecular flexibility index (Phi) is 3.26. The molecule has 3 unspecified atom stereocenters. The third-order valence-electron chi connectivity index (χ3n) is 4.03. The van der Waals surface area contributed by atoms with Crippen LogP contribution in [0.5, 0.6) is 0 Å². The molecule has 1 amide bonds. The Bertz CT molecular complexity index is 232. The van der Waals surface area contributed by atoms with Crippen LogP contribution in [0.25, 0.3) is 0 Å². The minimum atomic E-state index is -0.0301. The number of rotatable bonds is 3. The van der Waals surface area contributed by atoms with Crippen molar-refractivity contribution < 1.29 is 4.79 Å². The summed E-state index contributed by atoms with van der Waals surface area (Å²) in [5.41, 5.74) is 2.28. The molecule has 0 aromatic heterocycles. The second kappa shape index (κ2) is 4.49. The number of hydrogen-bond acceptors (Lipinski definition) is 3. The first kappa shape index (κ1) is 10.9. The number of carbonyl (C=O) groups excluding carboxylic acids is 1. The van der Waals surface area contributed by atoms with Gasteiger partial charge in [0.2, 0.25) is 0 Å². The van der Waals surface area contributed by atoms with Crippen LogP contribution >= 0.6 is 0 Å². The lowest BCUT2D eigenvalue weighted by Crippen LogP contribution is -2.48. The average Bonchev–Trinajstić information content (AvgIpc) is 2.78. The SMILES string of the molecule is CCC(C(=O)NN)N1CC2CCCC2C1. The zero-order valence-electron chi connectivity index (χ0n) is 9.41. The van der Waals surface area contributed by atoms with E-state index >= 15 is 0 Å². The van der Waals surface area contributed by atoms with Gasteiger partial charge in [0.05, 0.1) is 6.04 Å². The van der Waals surface area contributed by atoms with Gasteiger partial charge in [-0.05, 0) is 31.1 Å². The molecule has 2 rings (SSSR count). The molecule has 4 heteroatoms. The van der Waals surface area contributed by atoms with E-state index in [2.05, 4.69) is 10.3 Å². The second-order valence-electron chi connectivity index (χ2n) is 4.84. The summed E-state index contributed by atoms with van der Waals surface area (Å²) in [6.45, 7) is 4.24. The largest absolute Gasteiger partial charge is 0.293 e. The Morgan fingerprint density at radius 2 is 2.07 bits per heavy atom. The fourth-order valence-electron chi connectivity index (χ4n) is 3.23. The van der Waals surface area contributed by atoms with Crippen LogP contribution in [0.1, 0.15) is 32.6 Å². The number of hydrogen-bond donors (Lipinski definition) is 2. The Morgan fingerprint density at radius 3 is 2.53 bits per heavy atom. The summed E-state index contributed by atoms with van der Waals surface area (Å²) in [4.78, 5) is 13.9. The predicted octanol–water partition coefficient (Wildman–Crippen LogP) is 0.487. The molecular weight excluding hydrogens is 190 g/mol. The Labute approximate surface area is 91.2 Å². The maximum Gasteiger partial charge on any atom is 0.251 e. The van der Waals surface area contributed by atoms with Crippen molar-refractivity contribution in [3.63, 3.8) is 0 Å². The van der Waals surface area contributed by atoms with Gasteiger partial charge in [-0.1, -0.05) is 13.3 Å². The highest BCUT2D eigenvalue weighted by Gasteiger charge is 2.39. The van der Waals surface area contributed by atoms with Gasteiger partial charge in [-0.2, -0.15) is 0 Å². The first-order chi connectivity index (χ1) is 7.26. The monoisotopic (exact) mass is 211 g/mol. The van der Waals surface area contributed by atoms with Gasteiger partial charge in [0, 0.05) is 13.1 Å². The number of fused-ring (bicyclic) bond motifs is 1. The van der Waals surface area contributed by atoms with Crippen molar-refractivity contribution >= 4 is 5.91 Å². The Hall–Kier alpha value is -0.610. The fraction of sp³-hybridized carbons (Fsp3) is 0.909. The Balaban J connectivity index is 1.96. The van der Waals surface area contributed by atoms with E-state index in [0.29, 0.717) is 0 Å². The number of carbonyl (C=O) groups is 1. The molecule has 4 nitrogen and oxygen atoms in total. The lowest BCUT2D eigenvalue weighted by atomic mass is 10.0. The van der Waals surface area contributed by atoms with Gasteiger partial charge in [-0.25, -0.2) is 5.84 Å². The zero-order valence-corrected chi connectivity index (χ0v) is 9.41. The topological polar surface area (TPSA) is 58.4 Å². The van der Waals surface area contributed by atoms with Crippen molar-refractivity contribution in [1.29, 1.82) is 0 Å². The molecule has 1 aliphatic carbocycles. The number of nitrogens with one attached hydrogen (secondary N) is 1. The first-order valence-corrected chi connectivity index (χ1v) is 6.00. The van der Waals surface area contributed by atoms with E-state index in [1.165, 1.54) is 19.3 Å². The molecule has 1 saturated heterocycles. The molecule has 1 heterocycles. The summed E-state index contributed by atoms with van der Waals surface area (Å²) in [5, 5.41) is 0. The summed E-state index contributed by atoms with van der Waals surface area (Å²) in [6.07, 6.45) is 4.93. The standard InChI is InChI=1S/C11H21N3O/c1-2-10(11(15)13-12)14-6-8-4-3-5-9(8)7-14/h8-10H,2-7,12H2,1H3,(H,13,15). The minimum Gasteiger partial charge on any atom is -0.293 e. The molecule has 0 spiro atoms. The molecule has 0 bridgehead atoms. The van der Waals surface area contributed by atoms with Gasteiger partial charge in [0.25, 0.3) is 5.91 Å². The van der Waals surface area contributed by atoms with E-state index in [1.807, 2.05) is 6.92 Å². The number of nitrogens with zero attached hydrogens (tertiary/aromatic N) is 1. The first-order valence-electron chi connectivity index (χ1n) is 6.00. The highest BCUT2D eigenvalue weighted by Crippen LogP contribution is 2.38. The molecule has 1 aliphatic heterocycles. The molecule has 0 aromatic carbocycles. The van der Waals surface area contributed by atoms with E-state index in [-0.39, 0.29) is 11.9 Å². The quantitative estimate of drug-likeness (QED) is 0.406. The van der Waals surface area contributed by atoms with E-state index in [0.717, 1.165) is 31.3 Å². The summed E-state index contributed by atoms with van der Waals surface area (Å²) in [6, 6.07) is -0.0133. The molecule has 1 saturated carbocycles. The van der Waals surface area contributed by atoms with Gasteiger partial charge in [-0.3, -0.25) is 15.1 Å². The third-order valence-corrected chi connectivity index (χ3v) is 4.03. The number of hydrazine groups is 1. The van der Waals surface area contributed by atoms with Crippen molar-refractivity contribution in [1.82, 2.24) is 10.3 Å². The van der Waals surface area contributed by atoms with Crippen LogP contribution in [0.15, 0.2) is 0 Å². The maximum atomic E-state index is 11.6.